The topological polar surface area (TPSA) is 105 Å². The molecule has 0 bridgehead atoms. The van der Waals surface area contributed by atoms with Gasteiger partial charge in [0.05, 0.1) is 0 Å². The van der Waals surface area contributed by atoms with Crippen LogP contribution in [-0.2, 0) is 0 Å². The molecule has 2 saturated heterocycles. The third-order valence-corrected chi connectivity index (χ3v) is 4.66. The Morgan fingerprint density at radius 3 is 1.43 bits per heavy atom. The predicted molar refractivity (Wildman–Crippen MR) is 73.8 cm³/mol. The fourth-order valence-corrected chi connectivity index (χ4v) is 3.36. The minimum atomic E-state index is -0.420. The van der Waals surface area contributed by atoms with E-state index in [-0.39, 0.29) is 0 Å². The summed E-state index contributed by atoms with van der Waals surface area (Å²) in [6.45, 7) is 2.73. The number of amides is 4. The number of urea groups is 2. The molecule has 2 heterocycles. The molecule has 2 aliphatic heterocycles. The van der Waals surface area contributed by atoms with E-state index in [1.807, 2.05) is 0 Å². The molecule has 8 heteroatoms. The van der Waals surface area contributed by atoms with Crippen molar-refractivity contribution in [3.63, 3.8) is 0 Å². The Morgan fingerprint density at radius 2 is 1.14 bits per heavy atom. The summed E-state index contributed by atoms with van der Waals surface area (Å²) in [6.07, 6.45) is 4.98. The average molecular weight is 300 g/mol. The Kier molecular flexibility index (Phi) is 5.63. The van der Waals surface area contributed by atoms with E-state index >= 15 is 0 Å². The van der Waals surface area contributed by atoms with Crippen molar-refractivity contribution in [2.75, 3.05) is 26.2 Å². The van der Waals surface area contributed by atoms with Crippen LogP contribution in [0.4, 0.5) is 9.59 Å². The first-order valence-electron chi connectivity index (χ1n) is 7.52. The molecule has 0 radical (unpaired) electrons. The van der Waals surface area contributed by atoms with Gasteiger partial charge in [-0.05, 0) is 43.9 Å². The first-order chi connectivity index (χ1) is 10.1. The molecule has 2 fully saturated rings. The second-order valence-electron chi connectivity index (χ2n) is 5.93. The number of rotatable bonds is 2. The van der Waals surface area contributed by atoms with Crippen LogP contribution in [0.15, 0.2) is 0 Å². The van der Waals surface area contributed by atoms with Crippen LogP contribution in [0.2, 0.25) is 0 Å². The van der Waals surface area contributed by atoms with Gasteiger partial charge in [-0.2, -0.15) is 0 Å². The smallest absolute Gasteiger partial charge is 0.323 e. The summed E-state index contributed by atoms with van der Waals surface area (Å²) in [5.41, 5.74) is 3.35. The number of hydroxylamine groups is 2. The van der Waals surface area contributed by atoms with Crippen LogP contribution >= 0.6 is 0 Å². The van der Waals surface area contributed by atoms with Crippen LogP contribution in [0, 0.1) is 11.8 Å². The zero-order valence-corrected chi connectivity index (χ0v) is 12.1. The van der Waals surface area contributed by atoms with Crippen LogP contribution < -0.4 is 11.0 Å². The van der Waals surface area contributed by atoms with Gasteiger partial charge >= 0.3 is 12.1 Å². The van der Waals surface area contributed by atoms with E-state index in [9.17, 15) is 9.59 Å². The molecular weight excluding hydrogens is 276 g/mol. The van der Waals surface area contributed by atoms with E-state index in [0.717, 1.165) is 32.1 Å². The maximum Gasteiger partial charge on any atom is 0.341 e. The molecule has 2 rings (SSSR count). The molecule has 0 unspecified atom stereocenters. The third-order valence-electron chi connectivity index (χ3n) is 4.66. The standard InChI is InChI=1S/C13H24N4O4/c18-12(14-20)16-5-1-10(2-6-16)9-11-3-7-17(8-4-11)13(19)15-21/h10-11,20-21H,1-9H2,(H,14,18)(H,15,19). The minimum absolute atomic E-state index is 0.420. The fraction of sp³-hybridized carbons (Fsp3) is 0.846. The summed E-state index contributed by atoms with van der Waals surface area (Å²) in [5.74, 6) is 1.21. The van der Waals surface area contributed by atoms with Crippen molar-refractivity contribution in [2.45, 2.75) is 32.1 Å². The largest absolute Gasteiger partial charge is 0.341 e. The van der Waals surface area contributed by atoms with E-state index in [1.165, 1.54) is 0 Å². The number of hydrogen-bond donors (Lipinski definition) is 4. The minimum Gasteiger partial charge on any atom is -0.323 e. The number of likely N-dealkylation sites (tertiary alicyclic amines) is 2. The van der Waals surface area contributed by atoms with Crippen molar-refractivity contribution in [1.29, 1.82) is 0 Å². The maximum absolute atomic E-state index is 11.3. The molecule has 4 amide bonds. The molecule has 0 saturated carbocycles. The number of nitrogens with zero attached hydrogens (tertiary/aromatic N) is 2. The first kappa shape index (κ1) is 15.8. The molecule has 0 aromatic carbocycles. The van der Waals surface area contributed by atoms with Gasteiger partial charge in [-0.1, -0.05) is 0 Å². The molecule has 0 atom stereocenters. The SMILES string of the molecule is O=C(NO)N1CCC(CC2CCN(C(=O)NO)CC2)CC1. The van der Waals surface area contributed by atoms with Crippen molar-refractivity contribution in [3.05, 3.63) is 0 Å². The second kappa shape index (κ2) is 7.46. The van der Waals surface area contributed by atoms with E-state index < -0.39 is 12.1 Å². The lowest BCUT2D eigenvalue weighted by molar-refractivity contribution is 0.101. The Hall–Kier alpha value is -1.54. The van der Waals surface area contributed by atoms with Gasteiger partial charge in [0.1, 0.15) is 0 Å². The lowest BCUT2D eigenvalue weighted by Crippen LogP contribution is -2.45. The van der Waals surface area contributed by atoms with Crippen LogP contribution in [-0.4, -0.2) is 58.5 Å². The van der Waals surface area contributed by atoms with Crippen LogP contribution in [0.25, 0.3) is 0 Å². The van der Waals surface area contributed by atoms with E-state index in [4.69, 9.17) is 10.4 Å². The first-order valence-corrected chi connectivity index (χ1v) is 7.52. The van der Waals surface area contributed by atoms with Crippen molar-refractivity contribution < 1.29 is 20.0 Å². The summed E-state index contributed by atoms with van der Waals surface area (Å²) in [6, 6.07) is -0.839. The van der Waals surface area contributed by atoms with Gasteiger partial charge in [-0.3, -0.25) is 10.4 Å². The number of piperidine rings is 2. The van der Waals surface area contributed by atoms with Crippen LogP contribution in [0.1, 0.15) is 32.1 Å². The normalized spacial score (nSPS) is 21.2. The summed E-state index contributed by atoms with van der Waals surface area (Å²) in [5, 5.41) is 17.2. The zero-order chi connectivity index (χ0) is 15.2. The van der Waals surface area contributed by atoms with Crippen LogP contribution in [0.3, 0.4) is 0 Å². The van der Waals surface area contributed by atoms with E-state index in [2.05, 4.69) is 0 Å². The maximum atomic E-state index is 11.3. The van der Waals surface area contributed by atoms with E-state index in [1.54, 1.807) is 20.8 Å². The Labute approximate surface area is 124 Å². The van der Waals surface area contributed by atoms with Gasteiger partial charge in [0.25, 0.3) is 0 Å². The zero-order valence-electron chi connectivity index (χ0n) is 12.1. The number of nitrogens with one attached hydrogen (secondary N) is 2. The van der Waals surface area contributed by atoms with Gasteiger partial charge in [0.15, 0.2) is 0 Å². The molecule has 21 heavy (non-hydrogen) atoms. The quantitative estimate of drug-likeness (QED) is 0.451. The summed E-state index contributed by atoms with van der Waals surface area (Å²) < 4.78 is 0. The molecule has 4 N–H and O–H groups in total. The summed E-state index contributed by atoms with van der Waals surface area (Å²) in [4.78, 5) is 25.8. The highest BCUT2D eigenvalue weighted by atomic mass is 16.5. The van der Waals surface area contributed by atoms with Crippen molar-refractivity contribution >= 4 is 12.1 Å². The second-order valence-corrected chi connectivity index (χ2v) is 5.93. The predicted octanol–water partition coefficient (Wildman–Crippen LogP) is 0.998. The molecule has 8 nitrogen and oxygen atoms in total. The highest BCUT2D eigenvalue weighted by Crippen LogP contribution is 2.29. The molecule has 0 aromatic rings. The number of carbonyl (C=O) groups excluding carboxylic acids is 2. The van der Waals surface area contributed by atoms with E-state index in [0.29, 0.717) is 38.0 Å². The highest BCUT2D eigenvalue weighted by molar-refractivity contribution is 5.73. The summed E-state index contributed by atoms with van der Waals surface area (Å²) >= 11 is 0. The average Bonchev–Trinajstić information content (AvgIpc) is 2.55. The number of hydrogen-bond acceptors (Lipinski definition) is 4. The molecule has 120 valence electrons. The van der Waals surface area contributed by atoms with Gasteiger partial charge in [-0.15, -0.1) is 0 Å². The lowest BCUT2D eigenvalue weighted by atomic mass is 9.83. The van der Waals surface area contributed by atoms with Crippen molar-refractivity contribution in [3.8, 4) is 0 Å². The molecule has 0 aromatic heterocycles. The lowest BCUT2D eigenvalue weighted by Gasteiger charge is -2.36. The van der Waals surface area contributed by atoms with Crippen molar-refractivity contribution in [2.24, 2.45) is 11.8 Å². The fourth-order valence-electron chi connectivity index (χ4n) is 3.36. The molecule has 0 spiro atoms. The monoisotopic (exact) mass is 300 g/mol. The Bertz CT molecular complexity index is 329. The third kappa shape index (κ3) is 4.21. The highest BCUT2D eigenvalue weighted by Gasteiger charge is 2.28. The molecular formula is C13H24N4O4. The van der Waals surface area contributed by atoms with Gasteiger partial charge in [0, 0.05) is 26.2 Å². The molecule has 2 aliphatic rings. The van der Waals surface area contributed by atoms with Crippen molar-refractivity contribution in [1.82, 2.24) is 20.8 Å². The Balaban J connectivity index is 1.68. The van der Waals surface area contributed by atoms with Gasteiger partial charge in [-0.25, -0.2) is 20.5 Å². The Morgan fingerprint density at radius 1 is 0.810 bits per heavy atom. The van der Waals surface area contributed by atoms with Gasteiger partial charge < -0.3 is 9.80 Å². The van der Waals surface area contributed by atoms with Crippen LogP contribution in [0.5, 0.6) is 0 Å². The number of carbonyl (C=O) groups is 2. The molecule has 0 aliphatic carbocycles. The summed E-state index contributed by atoms with van der Waals surface area (Å²) in [7, 11) is 0. The van der Waals surface area contributed by atoms with Gasteiger partial charge in [0.2, 0.25) is 0 Å².